The Morgan fingerprint density at radius 3 is 2.59 bits per heavy atom. The molecule has 180 valence electrons. The maximum Gasteiger partial charge on any atom is 0.262 e. The molecular formula is C25H29ClN4O3S. The highest BCUT2D eigenvalue weighted by Crippen LogP contribution is 2.35. The number of hydrazone groups is 1. The Morgan fingerprint density at radius 2 is 1.91 bits per heavy atom. The molecule has 34 heavy (non-hydrogen) atoms. The summed E-state index contributed by atoms with van der Waals surface area (Å²) < 4.78 is 5.43. The number of carbonyl (C=O) groups is 2. The standard InChI is InChI=1S/C25H29ClN4O3S/c26-20-7-5-18(6-8-20)22-16-21(23-2-1-15-34-23)27-30(22)24(31)17-29(25(32)19-3-4-19)10-9-28-11-13-33-14-12-28/h1-2,5-8,15,19,22H,3-4,9-14,16-17H2/t22-/m0/s1. The molecule has 5 rings (SSSR count). The van der Waals surface area contributed by atoms with Crippen LogP contribution in [-0.4, -0.2) is 78.3 Å². The van der Waals surface area contributed by atoms with Crippen molar-refractivity contribution in [2.24, 2.45) is 11.0 Å². The predicted molar refractivity (Wildman–Crippen MR) is 133 cm³/mol. The number of thiophene rings is 1. The summed E-state index contributed by atoms with van der Waals surface area (Å²) in [6.45, 7) is 4.49. The number of nitrogens with zero attached hydrogens (tertiary/aromatic N) is 4. The number of rotatable bonds is 8. The van der Waals surface area contributed by atoms with Crippen molar-refractivity contribution >= 4 is 40.5 Å². The highest BCUT2D eigenvalue weighted by atomic mass is 35.5. The van der Waals surface area contributed by atoms with Crippen molar-refractivity contribution in [3.05, 3.63) is 57.2 Å². The molecule has 0 unspecified atom stereocenters. The number of hydrogen-bond donors (Lipinski definition) is 0. The van der Waals surface area contributed by atoms with Crippen molar-refractivity contribution in [2.75, 3.05) is 45.9 Å². The third-order valence-electron chi connectivity index (χ3n) is 6.58. The lowest BCUT2D eigenvalue weighted by molar-refractivity contribution is -0.142. The monoisotopic (exact) mass is 500 g/mol. The van der Waals surface area contributed by atoms with Crippen LogP contribution >= 0.6 is 22.9 Å². The van der Waals surface area contributed by atoms with Gasteiger partial charge in [0.05, 0.1) is 29.8 Å². The third kappa shape index (κ3) is 5.51. The first kappa shape index (κ1) is 23.5. The van der Waals surface area contributed by atoms with Gasteiger partial charge in [0, 0.05) is 43.5 Å². The molecule has 2 amide bonds. The van der Waals surface area contributed by atoms with Crippen LogP contribution in [0.15, 0.2) is 46.9 Å². The normalized spacial score (nSPS) is 20.9. The summed E-state index contributed by atoms with van der Waals surface area (Å²) in [6.07, 6.45) is 2.47. The van der Waals surface area contributed by atoms with Crippen molar-refractivity contribution < 1.29 is 14.3 Å². The van der Waals surface area contributed by atoms with E-state index in [1.54, 1.807) is 21.2 Å². The molecule has 1 aromatic heterocycles. The highest BCUT2D eigenvalue weighted by Gasteiger charge is 2.38. The van der Waals surface area contributed by atoms with Crippen LogP contribution in [0.25, 0.3) is 0 Å². The van der Waals surface area contributed by atoms with Crippen LogP contribution in [-0.2, 0) is 14.3 Å². The highest BCUT2D eigenvalue weighted by molar-refractivity contribution is 7.12. The number of morpholine rings is 1. The van der Waals surface area contributed by atoms with Crippen LogP contribution in [0, 0.1) is 5.92 Å². The second kappa shape index (κ2) is 10.6. The Balaban J connectivity index is 1.33. The number of benzene rings is 1. The van der Waals surface area contributed by atoms with E-state index in [0.29, 0.717) is 31.2 Å². The van der Waals surface area contributed by atoms with E-state index in [9.17, 15) is 9.59 Å². The average Bonchev–Trinajstić information content (AvgIpc) is 3.37. The summed E-state index contributed by atoms with van der Waals surface area (Å²) in [7, 11) is 0. The van der Waals surface area contributed by atoms with Crippen molar-refractivity contribution in [1.29, 1.82) is 0 Å². The van der Waals surface area contributed by atoms with E-state index < -0.39 is 0 Å². The predicted octanol–water partition coefficient (Wildman–Crippen LogP) is 3.65. The molecule has 1 atom stereocenters. The van der Waals surface area contributed by atoms with Gasteiger partial charge < -0.3 is 9.64 Å². The Kier molecular flexibility index (Phi) is 7.29. The molecule has 9 heteroatoms. The van der Waals surface area contributed by atoms with E-state index in [2.05, 4.69) is 4.90 Å². The van der Waals surface area contributed by atoms with E-state index in [1.165, 1.54) is 0 Å². The van der Waals surface area contributed by atoms with Crippen LogP contribution in [0.4, 0.5) is 0 Å². The molecule has 1 aliphatic carbocycles. The van der Waals surface area contributed by atoms with Gasteiger partial charge in [-0.1, -0.05) is 29.8 Å². The first-order chi connectivity index (χ1) is 16.6. The van der Waals surface area contributed by atoms with Gasteiger partial charge in [-0.15, -0.1) is 11.3 Å². The van der Waals surface area contributed by atoms with Crippen LogP contribution in [0.2, 0.25) is 5.02 Å². The Bertz CT molecular complexity index is 1030. The van der Waals surface area contributed by atoms with Crippen LogP contribution in [0.1, 0.15) is 35.7 Å². The van der Waals surface area contributed by atoms with Crippen molar-refractivity contribution in [1.82, 2.24) is 14.8 Å². The van der Waals surface area contributed by atoms with Crippen LogP contribution in [0.3, 0.4) is 0 Å². The quantitative estimate of drug-likeness (QED) is 0.555. The minimum atomic E-state index is -0.209. The second-order valence-electron chi connectivity index (χ2n) is 9.02. The molecule has 1 saturated heterocycles. The SMILES string of the molecule is O=C(C1CC1)N(CCN1CCOCC1)CC(=O)N1N=C(c2cccs2)C[C@H]1c1ccc(Cl)cc1. The summed E-state index contributed by atoms with van der Waals surface area (Å²) in [5.74, 6) is 0.00195. The van der Waals surface area contributed by atoms with Crippen molar-refractivity contribution in [2.45, 2.75) is 25.3 Å². The zero-order chi connectivity index (χ0) is 23.5. The van der Waals surface area contributed by atoms with E-state index in [-0.39, 0.29) is 30.3 Å². The Morgan fingerprint density at radius 1 is 1.15 bits per heavy atom. The topological polar surface area (TPSA) is 65.5 Å². The van der Waals surface area contributed by atoms with Crippen LogP contribution < -0.4 is 0 Å². The third-order valence-corrected chi connectivity index (χ3v) is 7.75. The molecule has 2 aromatic rings. The van der Waals surface area contributed by atoms with Gasteiger partial charge in [0.2, 0.25) is 5.91 Å². The van der Waals surface area contributed by atoms with E-state index in [0.717, 1.165) is 48.6 Å². The fourth-order valence-corrected chi connectivity index (χ4v) is 5.30. The summed E-state index contributed by atoms with van der Waals surface area (Å²) >= 11 is 7.72. The largest absolute Gasteiger partial charge is 0.379 e. The number of halogens is 1. The van der Waals surface area contributed by atoms with Gasteiger partial charge in [-0.3, -0.25) is 14.5 Å². The fraction of sp³-hybridized carbons (Fsp3) is 0.480. The first-order valence-electron chi connectivity index (χ1n) is 11.9. The summed E-state index contributed by atoms with van der Waals surface area (Å²) in [5.41, 5.74) is 1.89. The fourth-order valence-electron chi connectivity index (χ4n) is 4.45. The summed E-state index contributed by atoms with van der Waals surface area (Å²) in [4.78, 5) is 31.7. The molecule has 0 bridgehead atoms. The number of amides is 2. The lowest BCUT2D eigenvalue weighted by Gasteiger charge is -2.31. The van der Waals surface area contributed by atoms with E-state index in [1.807, 2.05) is 41.8 Å². The number of hydrogen-bond acceptors (Lipinski definition) is 6. The minimum Gasteiger partial charge on any atom is -0.379 e. The average molecular weight is 501 g/mol. The summed E-state index contributed by atoms with van der Waals surface area (Å²) in [6, 6.07) is 11.4. The Labute approximate surface area is 208 Å². The maximum absolute atomic E-state index is 13.6. The number of carbonyl (C=O) groups excluding carboxylic acids is 2. The lowest BCUT2D eigenvalue weighted by atomic mass is 10.0. The maximum atomic E-state index is 13.6. The molecule has 0 radical (unpaired) electrons. The van der Waals surface area contributed by atoms with Crippen molar-refractivity contribution in [3.8, 4) is 0 Å². The van der Waals surface area contributed by atoms with E-state index in [4.69, 9.17) is 21.4 Å². The molecule has 1 aromatic carbocycles. The molecule has 2 aliphatic heterocycles. The van der Waals surface area contributed by atoms with Gasteiger partial charge in [-0.2, -0.15) is 5.10 Å². The van der Waals surface area contributed by atoms with E-state index >= 15 is 0 Å². The van der Waals surface area contributed by atoms with Crippen LogP contribution in [0.5, 0.6) is 0 Å². The smallest absolute Gasteiger partial charge is 0.262 e. The summed E-state index contributed by atoms with van der Waals surface area (Å²) in [5, 5.41) is 9.00. The molecule has 0 N–H and O–H groups in total. The molecule has 3 aliphatic rings. The van der Waals surface area contributed by atoms with Gasteiger partial charge in [0.15, 0.2) is 0 Å². The molecular weight excluding hydrogens is 472 g/mol. The lowest BCUT2D eigenvalue weighted by Crippen LogP contribution is -2.47. The Hall–Kier alpha value is -2.26. The molecule has 2 fully saturated rings. The van der Waals surface area contributed by atoms with Gasteiger partial charge in [0.25, 0.3) is 5.91 Å². The zero-order valence-corrected chi connectivity index (χ0v) is 20.6. The van der Waals surface area contributed by atoms with Gasteiger partial charge in [0.1, 0.15) is 6.54 Å². The number of ether oxygens (including phenoxy) is 1. The zero-order valence-electron chi connectivity index (χ0n) is 19.1. The molecule has 1 saturated carbocycles. The van der Waals surface area contributed by atoms with Crippen molar-refractivity contribution in [3.63, 3.8) is 0 Å². The minimum absolute atomic E-state index is 0.0466. The molecule has 3 heterocycles. The first-order valence-corrected chi connectivity index (χ1v) is 13.1. The second-order valence-corrected chi connectivity index (χ2v) is 10.4. The van der Waals surface area contributed by atoms with Gasteiger partial charge in [-0.05, 0) is 42.0 Å². The molecule has 0 spiro atoms. The van der Waals surface area contributed by atoms with Gasteiger partial charge in [-0.25, -0.2) is 5.01 Å². The molecule has 7 nitrogen and oxygen atoms in total. The van der Waals surface area contributed by atoms with Gasteiger partial charge >= 0.3 is 0 Å².